The van der Waals surface area contributed by atoms with Gasteiger partial charge >= 0.3 is 0 Å². The molecule has 0 spiro atoms. The van der Waals surface area contributed by atoms with Crippen molar-refractivity contribution in [3.63, 3.8) is 0 Å². The molecule has 0 saturated heterocycles. The minimum Gasteiger partial charge on any atom is -0.361 e. The maximum Gasteiger partial charge on any atom is 0.255 e. The van der Waals surface area contributed by atoms with Gasteiger partial charge in [-0.15, -0.1) is 0 Å². The van der Waals surface area contributed by atoms with E-state index in [-0.39, 0.29) is 22.5 Å². The van der Waals surface area contributed by atoms with Gasteiger partial charge in [0.2, 0.25) is 11.8 Å². The molecule has 3 amide bonds. The lowest BCUT2D eigenvalue weighted by Gasteiger charge is -2.09. The van der Waals surface area contributed by atoms with Crippen molar-refractivity contribution in [3.8, 4) is 11.1 Å². The van der Waals surface area contributed by atoms with Crippen LogP contribution in [-0.2, 0) is 9.59 Å². The number of hydrogen-bond acceptors (Lipinski definition) is 7. The summed E-state index contributed by atoms with van der Waals surface area (Å²) in [6.07, 6.45) is 7.99. The zero-order valence-electron chi connectivity index (χ0n) is 25.3. The first-order valence-corrected chi connectivity index (χ1v) is 16.4. The molecule has 0 aliphatic rings. The number of nitrogens with one attached hydrogen (secondary N) is 4. The number of unbranched alkanes of at least 4 members (excludes halogenated alkanes) is 3. The van der Waals surface area contributed by atoms with Crippen molar-refractivity contribution in [3.05, 3.63) is 71.3 Å². The second-order valence-corrected chi connectivity index (χ2v) is 12.0. The Balaban J connectivity index is 1.19. The van der Waals surface area contributed by atoms with Gasteiger partial charge in [0.15, 0.2) is 10.3 Å². The number of fused-ring (bicyclic) bond motifs is 1. The average Bonchev–Trinajstić information content (AvgIpc) is 3.44. The van der Waals surface area contributed by atoms with Gasteiger partial charge in [0.05, 0.1) is 15.9 Å². The van der Waals surface area contributed by atoms with E-state index in [2.05, 4.69) is 38.2 Å². The number of thiazole rings is 1. The Morgan fingerprint density at radius 3 is 2.42 bits per heavy atom. The van der Waals surface area contributed by atoms with Gasteiger partial charge in [-0.2, -0.15) is 0 Å². The van der Waals surface area contributed by atoms with E-state index in [0.717, 1.165) is 71.1 Å². The summed E-state index contributed by atoms with van der Waals surface area (Å²) in [5, 5.41) is 12.8. The van der Waals surface area contributed by atoms with E-state index in [1.54, 1.807) is 12.3 Å². The normalized spacial score (nSPS) is 10.9. The topological polar surface area (TPSA) is 125 Å². The molecule has 238 valence electrons. The third kappa shape index (κ3) is 10.8. The van der Waals surface area contributed by atoms with E-state index in [1.165, 1.54) is 29.5 Å². The fraction of sp³-hybridized carbons (Fsp3) is 0.364. The van der Waals surface area contributed by atoms with E-state index >= 15 is 0 Å². The fourth-order valence-electron chi connectivity index (χ4n) is 4.54. The molecule has 2 aromatic heterocycles. The third-order valence-corrected chi connectivity index (χ3v) is 8.29. The summed E-state index contributed by atoms with van der Waals surface area (Å²) >= 11 is 7.76. The van der Waals surface area contributed by atoms with Crippen LogP contribution in [0.15, 0.2) is 54.7 Å². The number of anilines is 2. The van der Waals surface area contributed by atoms with Crippen LogP contribution < -0.4 is 21.3 Å². The molecule has 0 aliphatic heterocycles. The molecule has 12 heteroatoms. The highest BCUT2D eigenvalue weighted by Crippen LogP contribution is 2.32. The summed E-state index contributed by atoms with van der Waals surface area (Å²) in [7, 11) is 0. The van der Waals surface area contributed by atoms with Crippen LogP contribution in [0.3, 0.4) is 0 Å². The summed E-state index contributed by atoms with van der Waals surface area (Å²) in [6, 6.07) is 13.0. The van der Waals surface area contributed by atoms with Gasteiger partial charge in [0, 0.05) is 49.8 Å². The number of carbonyl (C=O) groups is 3. The zero-order chi connectivity index (χ0) is 32.0. The minimum atomic E-state index is -0.501. The average molecular weight is 653 g/mol. The van der Waals surface area contributed by atoms with E-state index < -0.39 is 11.7 Å². The fourth-order valence-corrected chi connectivity index (χ4v) is 5.62. The standard InChI is InChI=1S/C33H38ClFN6O3S/c1-2-3-11-29(42)36-15-6-4-5-12-30(43)37-16-8-17-38-33-41-26-14-13-22(20-28(26)45-33)24-19-27(31(34)39-21-24)40-32(44)23-9-7-10-25(35)18-23/h7,9-10,13-14,18-21H,2-6,8,11-12,15-17H2,1H3,(H,36,42)(H,37,43)(H,38,41)(H,40,44). The molecular formula is C33H38ClFN6O3S. The lowest BCUT2D eigenvalue weighted by molar-refractivity contribution is -0.122. The highest BCUT2D eigenvalue weighted by atomic mass is 35.5. The van der Waals surface area contributed by atoms with Crippen molar-refractivity contribution in [2.75, 3.05) is 30.3 Å². The number of benzene rings is 2. The second kappa shape index (κ2) is 17.4. The third-order valence-electron chi connectivity index (χ3n) is 7.01. The molecule has 4 N–H and O–H groups in total. The van der Waals surface area contributed by atoms with Crippen LogP contribution in [-0.4, -0.2) is 47.3 Å². The van der Waals surface area contributed by atoms with Crippen LogP contribution in [0, 0.1) is 5.82 Å². The number of carbonyl (C=O) groups excluding carboxylic acids is 3. The number of nitrogens with zero attached hydrogens (tertiary/aromatic N) is 2. The number of amides is 3. The predicted octanol–water partition coefficient (Wildman–Crippen LogP) is 7.19. The SMILES string of the molecule is CCCCC(=O)NCCCCCC(=O)NCCCNc1nc2ccc(-c3cnc(Cl)c(NC(=O)c4cccc(F)c4)c3)cc2s1. The molecular weight excluding hydrogens is 615 g/mol. The largest absolute Gasteiger partial charge is 0.361 e. The van der Waals surface area contributed by atoms with E-state index in [1.807, 2.05) is 18.2 Å². The van der Waals surface area contributed by atoms with Gasteiger partial charge in [-0.05, 0) is 67.6 Å². The number of rotatable bonds is 17. The molecule has 0 saturated carbocycles. The Morgan fingerprint density at radius 2 is 1.64 bits per heavy atom. The maximum atomic E-state index is 13.5. The Labute approximate surface area is 271 Å². The molecule has 4 rings (SSSR count). The van der Waals surface area contributed by atoms with E-state index in [9.17, 15) is 18.8 Å². The number of pyridine rings is 1. The van der Waals surface area contributed by atoms with Crippen molar-refractivity contribution in [1.82, 2.24) is 20.6 Å². The van der Waals surface area contributed by atoms with Crippen LogP contribution in [0.4, 0.5) is 15.2 Å². The summed E-state index contributed by atoms with van der Waals surface area (Å²) in [4.78, 5) is 45.2. The van der Waals surface area contributed by atoms with Crippen molar-refractivity contribution in [1.29, 1.82) is 0 Å². The van der Waals surface area contributed by atoms with Crippen molar-refractivity contribution >= 4 is 61.7 Å². The van der Waals surface area contributed by atoms with Crippen LogP contribution in [0.2, 0.25) is 5.15 Å². The van der Waals surface area contributed by atoms with Gasteiger partial charge in [0.25, 0.3) is 5.91 Å². The van der Waals surface area contributed by atoms with Gasteiger partial charge < -0.3 is 21.3 Å². The predicted molar refractivity (Wildman–Crippen MR) is 179 cm³/mol. The monoisotopic (exact) mass is 652 g/mol. The first kappa shape index (κ1) is 33.8. The molecule has 0 unspecified atom stereocenters. The number of halogens is 2. The van der Waals surface area contributed by atoms with Crippen LogP contribution in [0.25, 0.3) is 21.3 Å². The molecule has 2 aromatic carbocycles. The van der Waals surface area contributed by atoms with Gasteiger partial charge in [0.1, 0.15) is 5.82 Å². The van der Waals surface area contributed by atoms with E-state index in [0.29, 0.717) is 38.2 Å². The highest BCUT2D eigenvalue weighted by molar-refractivity contribution is 7.22. The van der Waals surface area contributed by atoms with E-state index in [4.69, 9.17) is 11.6 Å². The molecule has 0 atom stereocenters. The lowest BCUT2D eigenvalue weighted by Crippen LogP contribution is -2.26. The first-order valence-electron chi connectivity index (χ1n) is 15.2. The molecule has 2 heterocycles. The number of hydrogen-bond donors (Lipinski definition) is 4. The Hall–Kier alpha value is -4.09. The Kier molecular flexibility index (Phi) is 13.1. The smallest absolute Gasteiger partial charge is 0.255 e. The quantitative estimate of drug-likeness (QED) is 0.0707. The van der Waals surface area contributed by atoms with Gasteiger partial charge in [-0.1, -0.05) is 54.8 Å². The Morgan fingerprint density at radius 1 is 0.867 bits per heavy atom. The second-order valence-electron chi connectivity index (χ2n) is 10.6. The summed E-state index contributed by atoms with van der Waals surface area (Å²) < 4.78 is 14.5. The molecule has 0 radical (unpaired) electrons. The molecule has 4 aromatic rings. The lowest BCUT2D eigenvalue weighted by atomic mass is 10.1. The minimum absolute atomic E-state index is 0.0443. The maximum absolute atomic E-state index is 13.5. The first-order chi connectivity index (χ1) is 21.8. The molecule has 0 fully saturated rings. The molecule has 0 bridgehead atoms. The van der Waals surface area contributed by atoms with Crippen LogP contribution in [0.1, 0.15) is 68.6 Å². The van der Waals surface area contributed by atoms with Gasteiger partial charge in [-0.25, -0.2) is 14.4 Å². The van der Waals surface area contributed by atoms with Crippen LogP contribution in [0.5, 0.6) is 0 Å². The molecule has 45 heavy (non-hydrogen) atoms. The zero-order valence-corrected chi connectivity index (χ0v) is 26.8. The summed E-state index contributed by atoms with van der Waals surface area (Å²) in [6.45, 7) is 3.98. The molecule has 0 aliphatic carbocycles. The van der Waals surface area contributed by atoms with Gasteiger partial charge in [-0.3, -0.25) is 14.4 Å². The summed E-state index contributed by atoms with van der Waals surface area (Å²) in [5.41, 5.74) is 2.98. The van der Waals surface area contributed by atoms with Crippen molar-refractivity contribution in [2.24, 2.45) is 0 Å². The van der Waals surface area contributed by atoms with Crippen LogP contribution >= 0.6 is 22.9 Å². The molecule has 9 nitrogen and oxygen atoms in total. The van der Waals surface area contributed by atoms with Crippen molar-refractivity contribution in [2.45, 2.75) is 58.3 Å². The van der Waals surface area contributed by atoms with Crippen molar-refractivity contribution < 1.29 is 18.8 Å². The Bertz CT molecular complexity index is 1610. The summed E-state index contributed by atoms with van der Waals surface area (Å²) in [5.74, 6) is -0.835. The number of aromatic nitrogens is 2. The highest BCUT2D eigenvalue weighted by Gasteiger charge is 2.13.